The fourth-order valence-electron chi connectivity index (χ4n) is 2.45. The Kier molecular flexibility index (Phi) is 4.32. The van der Waals surface area contributed by atoms with Gasteiger partial charge in [0.25, 0.3) is 0 Å². The van der Waals surface area contributed by atoms with E-state index < -0.39 is 0 Å². The van der Waals surface area contributed by atoms with E-state index in [1.165, 1.54) is 0 Å². The van der Waals surface area contributed by atoms with Gasteiger partial charge >= 0.3 is 0 Å². The summed E-state index contributed by atoms with van der Waals surface area (Å²) in [6.45, 7) is 5.67. The van der Waals surface area contributed by atoms with Crippen molar-refractivity contribution in [2.75, 3.05) is 18.1 Å². The molecule has 1 heterocycles. The van der Waals surface area contributed by atoms with Gasteiger partial charge in [-0.1, -0.05) is 18.5 Å². The van der Waals surface area contributed by atoms with E-state index in [2.05, 4.69) is 18.7 Å². The molecule has 0 saturated carbocycles. The Bertz CT molecular complexity index is 478. The van der Waals surface area contributed by atoms with Crippen LogP contribution in [0.4, 0.5) is 5.69 Å². The minimum absolute atomic E-state index is 0.0701. The molecule has 1 aromatic rings. The number of nitrogen functional groups attached to an aromatic ring is 1. The van der Waals surface area contributed by atoms with Crippen LogP contribution in [0, 0.1) is 5.41 Å². The van der Waals surface area contributed by atoms with Gasteiger partial charge in [0, 0.05) is 22.8 Å². The molecule has 2 atom stereocenters. The molecular formula is C14H20ClN3O. The summed E-state index contributed by atoms with van der Waals surface area (Å²) in [5, 5.41) is 8.38. The molecule has 0 spiro atoms. The lowest BCUT2D eigenvalue weighted by Crippen LogP contribution is -2.49. The van der Waals surface area contributed by atoms with Crippen molar-refractivity contribution in [3.05, 3.63) is 28.8 Å². The predicted octanol–water partition coefficient (Wildman–Crippen LogP) is 2.63. The maximum Gasteiger partial charge on any atom is 0.124 e. The Labute approximate surface area is 119 Å². The van der Waals surface area contributed by atoms with Crippen LogP contribution in [0.5, 0.6) is 0 Å². The Balaban J connectivity index is 2.42. The van der Waals surface area contributed by atoms with E-state index in [9.17, 15) is 0 Å². The summed E-state index contributed by atoms with van der Waals surface area (Å²) < 4.78 is 5.70. The van der Waals surface area contributed by atoms with Crippen molar-refractivity contribution in [1.29, 1.82) is 5.41 Å². The van der Waals surface area contributed by atoms with Crippen LogP contribution < -0.4 is 10.6 Å². The molecule has 0 bridgehead atoms. The predicted molar refractivity (Wildman–Crippen MR) is 79.3 cm³/mol. The fourth-order valence-corrected chi connectivity index (χ4v) is 2.61. The van der Waals surface area contributed by atoms with Gasteiger partial charge in [0.15, 0.2) is 0 Å². The van der Waals surface area contributed by atoms with Gasteiger partial charge in [0.1, 0.15) is 5.84 Å². The van der Waals surface area contributed by atoms with E-state index in [4.69, 9.17) is 27.5 Å². The number of hydrogen-bond acceptors (Lipinski definition) is 3. The first-order valence-electron chi connectivity index (χ1n) is 6.55. The molecule has 2 unspecified atom stereocenters. The van der Waals surface area contributed by atoms with E-state index in [-0.39, 0.29) is 11.9 Å². The Hall–Kier alpha value is -1.26. The van der Waals surface area contributed by atoms with Gasteiger partial charge in [-0.15, -0.1) is 0 Å². The SMILES string of the molecule is CCC1COC(C)CN1c1cc(Cl)ccc1C(=N)N. The molecule has 1 aliphatic heterocycles. The van der Waals surface area contributed by atoms with Crippen LogP contribution in [0.15, 0.2) is 18.2 Å². The second kappa shape index (κ2) is 5.80. The first-order valence-corrected chi connectivity index (χ1v) is 6.93. The van der Waals surface area contributed by atoms with Crippen LogP contribution in [0.25, 0.3) is 0 Å². The summed E-state index contributed by atoms with van der Waals surface area (Å²) >= 11 is 6.10. The second-order valence-electron chi connectivity index (χ2n) is 4.93. The van der Waals surface area contributed by atoms with Gasteiger partial charge in [0.05, 0.1) is 18.8 Å². The van der Waals surface area contributed by atoms with Gasteiger partial charge < -0.3 is 15.4 Å². The number of halogens is 1. The molecule has 104 valence electrons. The highest BCUT2D eigenvalue weighted by Gasteiger charge is 2.27. The summed E-state index contributed by atoms with van der Waals surface area (Å²) in [5.41, 5.74) is 7.34. The summed E-state index contributed by atoms with van der Waals surface area (Å²) in [6.07, 6.45) is 1.15. The average Bonchev–Trinajstić information content (AvgIpc) is 2.38. The smallest absolute Gasteiger partial charge is 0.124 e. The topological polar surface area (TPSA) is 62.3 Å². The van der Waals surface area contributed by atoms with Crippen LogP contribution in [0.1, 0.15) is 25.8 Å². The molecule has 0 aliphatic carbocycles. The van der Waals surface area contributed by atoms with Crippen LogP contribution >= 0.6 is 11.6 Å². The van der Waals surface area contributed by atoms with Gasteiger partial charge in [-0.05, 0) is 31.5 Å². The number of morpholine rings is 1. The van der Waals surface area contributed by atoms with Crippen molar-refractivity contribution < 1.29 is 4.74 Å². The van der Waals surface area contributed by atoms with Gasteiger partial charge in [0.2, 0.25) is 0 Å². The summed E-state index contributed by atoms with van der Waals surface area (Å²) in [6, 6.07) is 5.77. The van der Waals surface area contributed by atoms with Crippen LogP contribution in [0.2, 0.25) is 5.02 Å². The Morgan fingerprint density at radius 1 is 1.58 bits per heavy atom. The zero-order valence-electron chi connectivity index (χ0n) is 11.3. The lowest BCUT2D eigenvalue weighted by molar-refractivity contribution is 0.0299. The van der Waals surface area contributed by atoms with Crippen molar-refractivity contribution in [2.24, 2.45) is 5.73 Å². The minimum atomic E-state index is 0.0701. The molecule has 4 nitrogen and oxygen atoms in total. The summed E-state index contributed by atoms with van der Waals surface area (Å²) in [4.78, 5) is 2.26. The molecule has 1 fully saturated rings. The standard InChI is InChI=1S/C14H20ClN3O/c1-3-11-8-19-9(2)7-18(11)13-6-10(15)4-5-12(13)14(16)17/h4-6,9,11H,3,7-8H2,1-2H3,(H3,16,17). The molecule has 19 heavy (non-hydrogen) atoms. The van der Waals surface area contributed by atoms with E-state index >= 15 is 0 Å². The Morgan fingerprint density at radius 2 is 2.32 bits per heavy atom. The summed E-state index contributed by atoms with van der Waals surface area (Å²) in [7, 11) is 0. The molecule has 1 saturated heterocycles. The molecule has 3 N–H and O–H groups in total. The number of benzene rings is 1. The number of anilines is 1. The van der Waals surface area contributed by atoms with Gasteiger partial charge in [-0.3, -0.25) is 5.41 Å². The van der Waals surface area contributed by atoms with Crippen LogP contribution in [0.3, 0.4) is 0 Å². The van der Waals surface area contributed by atoms with Crippen molar-refractivity contribution in [3.8, 4) is 0 Å². The number of nitrogens with zero attached hydrogens (tertiary/aromatic N) is 1. The van der Waals surface area contributed by atoms with Crippen molar-refractivity contribution >= 4 is 23.1 Å². The van der Waals surface area contributed by atoms with Crippen LogP contribution in [-0.2, 0) is 4.74 Å². The molecule has 0 aromatic heterocycles. The summed E-state index contributed by atoms with van der Waals surface area (Å²) in [5.74, 6) is 0.0701. The molecular weight excluding hydrogens is 262 g/mol. The molecule has 1 aromatic carbocycles. The fraction of sp³-hybridized carbons (Fsp3) is 0.500. The first-order chi connectivity index (χ1) is 9.02. The number of amidine groups is 1. The number of ether oxygens (including phenoxy) is 1. The number of nitrogens with one attached hydrogen (secondary N) is 1. The highest BCUT2D eigenvalue weighted by Crippen LogP contribution is 2.29. The highest BCUT2D eigenvalue weighted by atomic mass is 35.5. The van der Waals surface area contributed by atoms with Gasteiger partial charge in [-0.25, -0.2) is 0 Å². The first kappa shape index (κ1) is 14.2. The van der Waals surface area contributed by atoms with E-state index in [1.807, 2.05) is 12.1 Å². The van der Waals surface area contributed by atoms with Crippen LogP contribution in [-0.4, -0.2) is 31.1 Å². The zero-order chi connectivity index (χ0) is 14.0. The quantitative estimate of drug-likeness (QED) is 0.661. The maximum atomic E-state index is 7.72. The van der Waals surface area contributed by atoms with Crippen molar-refractivity contribution in [1.82, 2.24) is 0 Å². The number of nitrogens with two attached hydrogens (primary N) is 1. The lowest BCUT2D eigenvalue weighted by atomic mass is 10.1. The molecule has 1 aliphatic rings. The Morgan fingerprint density at radius 3 is 2.95 bits per heavy atom. The monoisotopic (exact) mass is 281 g/mol. The largest absolute Gasteiger partial charge is 0.384 e. The maximum absolute atomic E-state index is 7.72. The minimum Gasteiger partial charge on any atom is -0.384 e. The van der Waals surface area contributed by atoms with Crippen molar-refractivity contribution in [3.63, 3.8) is 0 Å². The third-order valence-electron chi connectivity index (χ3n) is 3.50. The van der Waals surface area contributed by atoms with Crippen molar-refractivity contribution in [2.45, 2.75) is 32.4 Å². The normalized spacial score (nSPS) is 23.4. The van der Waals surface area contributed by atoms with E-state index in [0.717, 1.165) is 24.2 Å². The third kappa shape index (κ3) is 3.01. The molecule has 0 radical (unpaired) electrons. The average molecular weight is 282 g/mol. The highest BCUT2D eigenvalue weighted by molar-refractivity contribution is 6.31. The van der Waals surface area contributed by atoms with E-state index in [1.54, 1.807) is 6.07 Å². The molecule has 0 amide bonds. The zero-order valence-corrected chi connectivity index (χ0v) is 12.1. The number of rotatable bonds is 3. The lowest BCUT2D eigenvalue weighted by Gasteiger charge is -2.40. The second-order valence-corrected chi connectivity index (χ2v) is 5.37. The third-order valence-corrected chi connectivity index (χ3v) is 3.73. The van der Waals surface area contributed by atoms with E-state index in [0.29, 0.717) is 17.7 Å². The molecule has 2 rings (SSSR count). The van der Waals surface area contributed by atoms with Gasteiger partial charge in [-0.2, -0.15) is 0 Å². The number of hydrogen-bond donors (Lipinski definition) is 2. The molecule has 5 heteroatoms.